The van der Waals surface area contributed by atoms with Crippen molar-refractivity contribution in [3.63, 3.8) is 0 Å². The molecule has 0 fully saturated rings. The lowest BCUT2D eigenvalue weighted by Crippen LogP contribution is -2.00. The Balaban J connectivity index is 2.47. The van der Waals surface area contributed by atoms with E-state index in [2.05, 4.69) is 48.1 Å². The van der Waals surface area contributed by atoms with Crippen LogP contribution in [0.2, 0.25) is 0 Å². The number of aromatic nitrogens is 2. The van der Waals surface area contributed by atoms with E-state index in [-0.39, 0.29) is 0 Å². The summed E-state index contributed by atoms with van der Waals surface area (Å²) < 4.78 is 0. The molecule has 0 bridgehead atoms. The average Bonchev–Trinajstić information content (AvgIpc) is 2.29. The zero-order chi connectivity index (χ0) is 11.5. The molecule has 0 unspecified atom stereocenters. The fourth-order valence-electron chi connectivity index (χ4n) is 1.57. The summed E-state index contributed by atoms with van der Waals surface area (Å²) in [5.74, 6) is 0.343. The number of rotatable bonds is 2. The van der Waals surface area contributed by atoms with E-state index in [1.54, 1.807) is 0 Å². The van der Waals surface area contributed by atoms with Crippen molar-refractivity contribution in [1.82, 2.24) is 9.97 Å². The topological polar surface area (TPSA) is 51.8 Å². The van der Waals surface area contributed by atoms with Gasteiger partial charge in [-0.1, -0.05) is 36.8 Å². The van der Waals surface area contributed by atoms with E-state index in [0.717, 1.165) is 23.4 Å². The van der Waals surface area contributed by atoms with Crippen LogP contribution in [0.15, 0.2) is 30.3 Å². The molecule has 82 valence electrons. The number of hydrogen-bond donors (Lipinski definition) is 1. The summed E-state index contributed by atoms with van der Waals surface area (Å²) in [5.41, 5.74) is 9.86. The highest BCUT2D eigenvalue weighted by atomic mass is 15.0. The van der Waals surface area contributed by atoms with Crippen molar-refractivity contribution in [2.75, 3.05) is 5.73 Å². The Bertz CT molecular complexity index is 489. The number of nitrogens with zero attached hydrogens (tertiary/aromatic N) is 2. The van der Waals surface area contributed by atoms with Gasteiger partial charge < -0.3 is 5.73 Å². The normalized spacial score (nSPS) is 10.4. The molecule has 16 heavy (non-hydrogen) atoms. The molecule has 2 N–H and O–H groups in total. The second kappa shape index (κ2) is 4.31. The lowest BCUT2D eigenvalue weighted by atomic mass is 10.1. The van der Waals surface area contributed by atoms with Crippen LogP contribution >= 0.6 is 0 Å². The van der Waals surface area contributed by atoms with E-state index >= 15 is 0 Å². The first-order valence-corrected chi connectivity index (χ1v) is 5.39. The first-order chi connectivity index (χ1) is 7.69. The van der Waals surface area contributed by atoms with Crippen LogP contribution in [0.5, 0.6) is 0 Å². The molecule has 0 aliphatic rings. The van der Waals surface area contributed by atoms with Crippen molar-refractivity contribution < 1.29 is 0 Å². The third-order valence-electron chi connectivity index (χ3n) is 2.51. The Morgan fingerprint density at radius 1 is 1.12 bits per heavy atom. The summed E-state index contributed by atoms with van der Waals surface area (Å²) in [4.78, 5) is 8.41. The van der Waals surface area contributed by atoms with E-state index in [9.17, 15) is 0 Å². The largest absolute Gasteiger partial charge is 0.368 e. The number of nitrogens with two attached hydrogens (primary N) is 1. The van der Waals surface area contributed by atoms with Gasteiger partial charge in [-0.2, -0.15) is 0 Å². The maximum atomic E-state index is 5.68. The summed E-state index contributed by atoms with van der Waals surface area (Å²) in [5, 5.41) is 0. The molecule has 0 saturated heterocycles. The average molecular weight is 213 g/mol. The minimum Gasteiger partial charge on any atom is -0.368 e. The molecule has 1 heterocycles. The van der Waals surface area contributed by atoms with Crippen molar-refractivity contribution in [3.8, 4) is 11.3 Å². The van der Waals surface area contributed by atoms with Crippen LogP contribution in [-0.4, -0.2) is 9.97 Å². The van der Waals surface area contributed by atoms with E-state index in [4.69, 9.17) is 5.73 Å². The zero-order valence-electron chi connectivity index (χ0n) is 9.57. The van der Waals surface area contributed by atoms with Crippen LogP contribution < -0.4 is 5.73 Å². The second-order valence-corrected chi connectivity index (χ2v) is 3.82. The quantitative estimate of drug-likeness (QED) is 0.834. The van der Waals surface area contributed by atoms with Gasteiger partial charge in [0, 0.05) is 11.3 Å². The number of aryl methyl sites for hydroxylation is 2. The maximum absolute atomic E-state index is 5.68. The van der Waals surface area contributed by atoms with Gasteiger partial charge in [-0.15, -0.1) is 0 Å². The van der Waals surface area contributed by atoms with Crippen LogP contribution in [0.4, 0.5) is 5.95 Å². The summed E-state index contributed by atoms with van der Waals surface area (Å²) in [6, 6.07) is 10.2. The smallest absolute Gasteiger partial charge is 0.220 e. The van der Waals surface area contributed by atoms with Gasteiger partial charge in [0.05, 0.1) is 5.69 Å². The molecule has 0 saturated carbocycles. The fraction of sp³-hybridized carbons (Fsp3) is 0.231. The first kappa shape index (κ1) is 10.6. The molecule has 0 aliphatic carbocycles. The van der Waals surface area contributed by atoms with Crippen molar-refractivity contribution in [1.29, 1.82) is 0 Å². The van der Waals surface area contributed by atoms with Gasteiger partial charge in [0.2, 0.25) is 5.95 Å². The molecule has 1 aromatic heterocycles. The van der Waals surface area contributed by atoms with Crippen molar-refractivity contribution in [2.24, 2.45) is 0 Å². The fourth-order valence-corrected chi connectivity index (χ4v) is 1.57. The lowest BCUT2D eigenvalue weighted by Gasteiger charge is -2.04. The lowest BCUT2D eigenvalue weighted by molar-refractivity contribution is 1.01. The van der Waals surface area contributed by atoms with Crippen molar-refractivity contribution in [3.05, 3.63) is 41.6 Å². The maximum Gasteiger partial charge on any atom is 0.220 e. The highest BCUT2D eigenvalue weighted by Crippen LogP contribution is 2.19. The summed E-state index contributed by atoms with van der Waals surface area (Å²) in [6.45, 7) is 4.12. The summed E-state index contributed by atoms with van der Waals surface area (Å²) in [6.07, 6.45) is 0.867. The van der Waals surface area contributed by atoms with Crippen LogP contribution in [0.25, 0.3) is 11.3 Å². The highest BCUT2D eigenvalue weighted by Gasteiger charge is 2.03. The predicted molar refractivity (Wildman–Crippen MR) is 66.0 cm³/mol. The molecule has 1 aromatic carbocycles. The summed E-state index contributed by atoms with van der Waals surface area (Å²) in [7, 11) is 0. The van der Waals surface area contributed by atoms with Gasteiger partial charge in [0.1, 0.15) is 0 Å². The third-order valence-corrected chi connectivity index (χ3v) is 2.51. The molecule has 3 heteroatoms. The van der Waals surface area contributed by atoms with Gasteiger partial charge >= 0.3 is 0 Å². The van der Waals surface area contributed by atoms with Gasteiger partial charge in [-0.3, -0.25) is 0 Å². The molecule has 0 spiro atoms. The molecule has 0 atom stereocenters. The Morgan fingerprint density at radius 2 is 1.81 bits per heavy atom. The van der Waals surface area contributed by atoms with Gasteiger partial charge in [-0.25, -0.2) is 9.97 Å². The zero-order valence-corrected chi connectivity index (χ0v) is 9.57. The summed E-state index contributed by atoms with van der Waals surface area (Å²) >= 11 is 0. The Kier molecular flexibility index (Phi) is 2.86. The second-order valence-electron chi connectivity index (χ2n) is 3.82. The van der Waals surface area contributed by atoms with Crippen LogP contribution in [0, 0.1) is 6.92 Å². The number of nitrogen functional groups attached to an aromatic ring is 1. The highest BCUT2D eigenvalue weighted by molar-refractivity contribution is 5.60. The SMILES string of the molecule is CCc1cc(-c2ccc(C)cc2)nc(N)n1. The van der Waals surface area contributed by atoms with Crippen LogP contribution in [0.3, 0.4) is 0 Å². The van der Waals surface area contributed by atoms with E-state index in [0.29, 0.717) is 5.95 Å². The van der Waals surface area contributed by atoms with E-state index < -0.39 is 0 Å². The molecule has 2 aromatic rings. The number of anilines is 1. The molecule has 0 aliphatic heterocycles. The standard InChI is InChI=1S/C13H15N3/c1-3-11-8-12(16-13(14)15-11)10-6-4-9(2)5-7-10/h4-8H,3H2,1-2H3,(H2,14,15,16). The molecule has 2 rings (SSSR count). The Morgan fingerprint density at radius 3 is 2.44 bits per heavy atom. The van der Waals surface area contributed by atoms with Crippen molar-refractivity contribution >= 4 is 5.95 Å². The predicted octanol–water partition coefficient (Wildman–Crippen LogP) is 2.60. The van der Waals surface area contributed by atoms with Gasteiger partial charge in [0.25, 0.3) is 0 Å². The minimum atomic E-state index is 0.343. The number of benzene rings is 1. The molecular formula is C13H15N3. The monoisotopic (exact) mass is 213 g/mol. The Hall–Kier alpha value is -1.90. The Labute approximate surface area is 95.4 Å². The van der Waals surface area contributed by atoms with Crippen molar-refractivity contribution in [2.45, 2.75) is 20.3 Å². The van der Waals surface area contributed by atoms with Gasteiger partial charge in [0.15, 0.2) is 0 Å². The number of hydrogen-bond acceptors (Lipinski definition) is 3. The molecule has 3 nitrogen and oxygen atoms in total. The van der Waals surface area contributed by atoms with E-state index in [1.807, 2.05) is 6.07 Å². The van der Waals surface area contributed by atoms with Gasteiger partial charge in [-0.05, 0) is 19.4 Å². The third kappa shape index (κ3) is 2.19. The first-order valence-electron chi connectivity index (χ1n) is 5.39. The van der Waals surface area contributed by atoms with Crippen LogP contribution in [0.1, 0.15) is 18.2 Å². The van der Waals surface area contributed by atoms with E-state index in [1.165, 1.54) is 5.56 Å². The van der Waals surface area contributed by atoms with Crippen LogP contribution in [-0.2, 0) is 6.42 Å². The minimum absolute atomic E-state index is 0.343. The molecular weight excluding hydrogens is 198 g/mol. The molecule has 0 amide bonds. The molecule has 0 radical (unpaired) electrons.